The summed E-state index contributed by atoms with van der Waals surface area (Å²) >= 11 is 0. The first-order chi connectivity index (χ1) is 13.0. The SMILES string of the molecule is O=C(CO[C@H]1[C@H](O)[C@@H](CO)OC(O)[C@@H]1O)NOc1ccc2ccccc2c1. The molecule has 1 aliphatic heterocycles. The van der Waals surface area contributed by atoms with E-state index in [2.05, 4.69) is 5.48 Å². The van der Waals surface area contributed by atoms with Gasteiger partial charge in [-0.05, 0) is 22.9 Å². The van der Waals surface area contributed by atoms with Crippen molar-refractivity contribution in [2.75, 3.05) is 13.2 Å². The Labute approximate surface area is 154 Å². The van der Waals surface area contributed by atoms with Crippen molar-refractivity contribution in [1.82, 2.24) is 5.48 Å². The zero-order chi connectivity index (χ0) is 19.4. The third-order valence-corrected chi connectivity index (χ3v) is 4.25. The van der Waals surface area contributed by atoms with Gasteiger partial charge in [0.2, 0.25) is 0 Å². The lowest BCUT2D eigenvalue weighted by Crippen LogP contribution is -2.59. The molecule has 146 valence electrons. The number of carbonyl (C=O) groups excluding carboxylic acids is 1. The minimum atomic E-state index is -1.65. The molecule has 0 saturated carbocycles. The second-order valence-electron chi connectivity index (χ2n) is 6.14. The number of fused-ring (bicyclic) bond motifs is 1. The maximum absolute atomic E-state index is 11.9. The summed E-state index contributed by atoms with van der Waals surface area (Å²) in [6.45, 7) is -1.13. The van der Waals surface area contributed by atoms with Gasteiger partial charge in [0.1, 0.15) is 31.0 Å². The molecule has 1 fully saturated rings. The van der Waals surface area contributed by atoms with Crippen LogP contribution in [0, 0.1) is 0 Å². The van der Waals surface area contributed by atoms with E-state index < -0.39 is 49.8 Å². The molecule has 9 nitrogen and oxygen atoms in total. The molecule has 0 radical (unpaired) electrons. The van der Waals surface area contributed by atoms with Crippen molar-refractivity contribution < 1.29 is 39.5 Å². The fourth-order valence-corrected chi connectivity index (χ4v) is 2.81. The number of benzene rings is 2. The second-order valence-corrected chi connectivity index (χ2v) is 6.14. The Kier molecular flexibility index (Phi) is 6.22. The van der Waals surface area contributed by atoms with Crippen molar-refractivity contribution in [2.24, 2.45) is 0 Å². The van der Waals surface area contributed by atoms with Crippen LogP contribution in [0.3, 0.4) is 0 Å². The van der Waals surface area contributed by atoms with E-state index in [9.17, 15) is 20.1 Å². The molecule has 1 heterocycles. The summed E-state index contributed by atoms with van der Waals surface area (Å²) < 4.78 is 10.0. The summed E-state index contributed by atoms with van der Waals surface area (Å²) in [4.78, 5) is 17.1. The molecule has 5 N–H and O–H groups in total. The molecule has 1 unspecified atom stereocenters. The van der Waals surface area contributed by atoms with E-state index in [1.807, 2.05) is 30.3 Å². The highest BCUT2D eigenvalue weighted by Crippen LogP contribution is 2.22. The Morgan fingerprint density at radius 3 is 2.56 bits per heavy atom. The van der Waals surface area contributed by atoms with Gasteiger partial charge < -0.3 is 34.7 Å². The summed E-state index contributed by atoms with van der Waals surface area (Å²) in [7, 11) is 0. The summed E-state index contributed by atoms with van der Waals surface area (Å²) in [6.07, 6.45) is -7.07. The molecule has 0 aliphatic carbocycles. The lowest BCUT2D eigenvalue weighted by atomic mass is 9.99. The molecule has 27 heavy (non-hydrogen) atoms. The van der Waals surface area contributed by atoms with E-state index in [0.717, 1.165) is 10.8 Å². The highest BCUT2D eigenvalue weighted by Gasteiger charge is 2.44. The third-order valence-electron chi connectivity index (χ3n) is 4.25. The topological polar surface area (TPSA) is 138 Å². The number of hydrogen-bond acceptors (Lipinski definition) is 8. The monoisotopic (exact) mass is 379 g/mol. The van der Waals surface area contributed by atoms with E-state index in [0.29, 0.717) is 5.75 Å². The predicted octanol–water partition coefficient (Wildman–Crippen LogP) is -0.934. The molecule has 1 amide bonds. The van der Waals surface area contributed by atoms with E-state index in [1.54, 1.807) is 12.1 Å². The normalized spacial score (nSPS) is 28.1. The van der Waals surface area contributed by atoms with Gasteiger partial charge in [-0.3, -0.25) is 4.79 Å². The molecule has 2 aromatic carbocycles. The Hall–Kier alpha value is -2.27. The minimum Gasteiger partial charge on any atom is -0.394 e. The molecule has 0 aromatic heterocycles. The van der Waals surface area contributed by atoms with Gasteiger partial charge in [0, 0.05) is 0 Å². The van der Waals surface area contributed by atoms with Crippen LogP contribution in [-0.2, 0) is 14.3 Å². The zero-order valence-electron chi connectivity index (χ0n) is 14.3. The van der Waals surface area contributed by atoms with Crippen molar-refractivity contribution >= 4 is 16.7 Å². The second kappa shape index (κ2) is 8.61. The average Bonchev–Trinajstić information content (AvgIpc) is 2.69. The lowest BCUT2D eigenvalue weighted by molar-refractivity contribution is -0.293. The van der Waals surface area contributed by atoms with Crippen molar-refractivity contribution in [3.8, 4) is 5.75 Å². The van der Waals surface area contributed by atoms with Gasteiger partial charge in [-0.1, -0.05) is 30.3 Å². The first-order valence-electron chi connectivity index (χ1n) is 8.36. The van der Waals surface area contributed by atoms with Crippen LogP contribution in [0.1, 0.15) is 0 Å². The van der Waals surface area contributed by atoms with Crippen LogP contribution in [-0.4, -0.2) is 70.3 Å². The number of carbonyl (C=O) groups is 1. The fourth-order valence-electron chi connectivity index (χ4n) is 2.81. The standard InChI is InChI=1S/C18H21NO8/c20-8-13-15(22)17(16(23)18(24)26-13)25-9-14(21)19-27-12-6-5-10-3-1-2-4-11(10)7-12/h1-7,13,15-18,20,22-24H,8-9H2,(H,19,21)/t13-,15-,16-,17+,18?/m1/s1. The molecular formula is C18H21NO8. The van der Waals surface area contributed by atoms with Gasteiger partial charge in [-0.2, -0.15) is 5.48 Å². The zero-order valence-corrected chi connectivity index (χ0v) is 14.3. The third kappa shape index (κ3) is 4.53. The summed E-state index contributed by atoms with van der Waals surface area (Å²) in [5.74, 6) is -0.243. The molecule has 9 heteroatoms. The number of ether oxygens (including phenoxy) is 2. The highest BCUT2D eigenvalue weighted by molar-refractivity contribution is 5.83. The number of rotatable bonds is 6. The molecule has 1 aliphatic rings. The largest absolute Gasteiger partial charge is 0.394 e. The van der Waals surface area contributed by atoms with Crippen LogP contribution in [0.2, 0.25) is 0 Å². The van der Waals surface area contributed by atoms with Crippen molar-refractivity contribution in [2.45, 2.75) is 30.7 Å². The van der Waals surface area contributed by atoms with Gasteiger partial charge in [-0.25, -0.2) is 0 Å². The molecule has 5 atom stereocenters. The summed E-state index contributed by atoms with van der Waals surface area (Å²) in [5, 5.41) is 40.5. The Morgan fingerprint density at radius 2 is 1.81 bits per heavy atom. The van der Waals surface area contributed by atoms with Gasteiger partial charge in [0.25, 0.3) is 5.91 Å². The van der Waals surface area contributed by atoms with E-state index in [-0.39, 0.29) is 0 Å². The van der Waals surface area contributed by atoms with Crippen LogP contribution in [0.25, 0.3) is 10.8 Å². The summed E-state index contributed by atoms with van der Waals surface area (Å²) in [6, 6.07) is 12.9. The number of hydroxylamine groups is 1. The van der Waals surface area contributed by atoms with Crippen LogP contribution in [0.4, 0.5) is 0 Å². The molecule has 3 rings (SSSR count). The fraction of sp³-hybridized carbons (Fsp3) is 0.389. The number of aliphatic hydroxyl groups is 4. The number of hydrogen-bond donors (Lipinski definition) is 5. The number of nitrogens with one attached hydrogen (secondary N) is 1. The van der Waals surface area contributed by atoms with Crippen LogP contribution in [0.5, 0.6) is 5.75 Å². The number of aliphatic hydroxyl groups excluding tert-OH is 4. The van der Waals surface area contributed by atoms with Gasteiger partial charge in [-0.15, -0.1) is 0 Å². The lowest BCUT2D eigenvalue weighted by Gasteiger charge is -2.39. The highest BCUT2D eigenvalue weighted by atomic mass is 16.7. The van der Waals surface area contributed by atoms with Gasteiger partial charge in [0.05, 0.1) is 6.61 Å². The first kappa shape index (κ1) is 19.5. The average molecular weight is 379 g/mol. The Bertz CT molecular complexity index is 785. The Balaban J connectivity index is 1.52. The summed E-state index contributed by atoms with van der Waals surface area (Å²) in [5.41, 5.74) is 2.20. The van der Waals surface area contributed by atoms with Crippen LogP contribution < -0.4 is 10.3 Å². The Morgan fingerprint density at radius 1 is 1.07 bits per heavy atom. The maximum Gasteiger partial charge on any atom is 0.278 e. The maximum atomic E-state index is 11.9. The molecular weight excluding hydrogens is 358 g/mol. The number of amides is 1. The van der Waals surface area contributed by atoms with E-state index in [1.165, 1.54) is 0 Å². The molecule has 0 spiro atoms. The van der Waals surface area contributed by atoms with Gasteiger partial charge >= 0.3 is 0 Å². The van der Waals surface area contributed by atoms with Crippen LogP contribution >= 0.6 is 0 Å². The molecule has 0 bridgehead atoms. The quantitative estimate of drug-likeness (QED) is 0.406. The van der Waals surface area contributed by atoms with Crippen molar-refractivity contribution in [1.29, 1.82) is 0 Å². The van der Waals surface area contributed by atoms with Crippen molar-refractivity contribution in [3.05, 3.63) is 42.5 Å². The van der Waals surface area contributed by atoms with E-state index in [4.69, 9.17) is 19.4 Å². The first-order valence-corrected chi connectivity index (χ1v) is 8.36. The molecule has 2 aromatic rings. The van der Waals surface area contributed by atoms with Gasteiger partial charge in [0.15, 0.2) is 12.0 Å². The van der Waals surface area contributed by atoms with Crippen molar-refractivity contribution in [3.63, 3.8) is 0 Å². The smallest absolute Gasteiger partial charge is 0.278 e. The predicted molar refractivity (Wildman–Crippen MR) is 92.4 cm³/mol. The molecule has 1 saturated heterocycles. The minimum absolute atomic E-state index is 0.420. The van der Waals surface area contributed by atoms with Crippen LogP contribution in [0.15, 0.2) is 42.5 Å². The van der Waals surface area contributed by atoms with E-state index >= 15 is 0 Å².